The average Bonchev–Trinajstić information content (AvgIpc) is 2.46. The highest BCUT2D eigenvalue weighted by atomic mass is 35.5. The fourth-order valence-corrected chi connectivity index (χ4v) is 2.48. The lowest BCUT2D eigenvalue weighted by atomic mass is 10.3. The number of amides is 1. The summed E-state index contributed by atoms with van der Waals surface area (Å²) in [7, 11) is -3.32. The third kappa shape index (κ3) is 6.17. The normalized spacial score (nSPS) is 10.9. The van der Waals surface area contributed by atoms with E-state index in [-0.39, 0.29) is 12.5 Å². The Bertz CT molecular complexity index is 791. The highest BCUT2D eigenvalue weighted by Crippen LogP contribution is 2.17. The minimum Gasteiger partial charge on any atom is -0.484 e. The van der Waals surface area contributed by atoms with Crippen molar-refractivity contribution in [1.82, 2.24) is 0 Å². The molecular weight excluding hydrogens is 340 g/mol. The number of rotatable bonds is 6. The first-order valence-electron chi connectivity index (χ1n) is 6.58. The van der Waals surface area contributed by atoms with Gasteiger partial charge in [0.15, 0.2) is 6.61 Å². The predicted octanol–water partition coefficient (Wildman–Crippen LogP) is 2.73. The molecule has 6 nitrogen and oxygen atoms in total. The van der Waals surface area contributed by atoms with E-state index in [9.17, 15) is 13.2 Å². The zero-order valence-corrected chi connectivity index (χ0v) is 13.8. The first-order valence-corrected chi connectivity index (χ1v) is 8.85. The summed E-state index contributed by atoms with van der Waals surface area (Å²) in [4.78, 5) is 11.8. The van der Waals surface area contributed by atoms with Crippen molar-refractivity contribution in [2.24, 2.45) is 0 Å². The molecule has 0 fully saturated rings. The molecule has 23 heavy (non-hydrogen) atoms. The maximum atomic E-state index is 11.8. The molecule has 0 spiro atoms. The molecule has 0 saturated heterocycles. The Morgan fingerprint density at radius 2 is 1.78 bits per heavy atom. The molecule has 0 unspecified atom stereocenters. The molecule has 2 rings (SSSR count). The largest absolute Gasteiger partial charge is 0.484 e. The van der Waals surface area contributed by atoms with Gasteiger partial charge in [-0.25, -0.2) is 8.42 Å². The van der Waals surface area contributed by atoms with Crippen LogP contribution in [0.1, 0.15) is 0 Å². The van der Waals surface area contributed by atoms with Crippen molar-refractivity contribution in [1.29, 1.82) is 0 Å². The van der Waals surface area contributed by atoms with Crippen LogP contribution in [0.25, 0.3) is 0 Å². The molecule has 1 amide bonds. The molecule has 8 heteroatoms. The van der Waals surface area contributed by atoms with Gasteiger partial charge in [-0.3, -0.25) is 9.52 Å². The number of carbonyl (C=O) groups excluding carboxylic acids is 1. The minimum absolute atomic E-state index is 0.163. The van der Waals surface area contributed by atoms with E-state index in [1.165, 1.54) is 0 Å². The molecule has 2 aromatic carbocycles. The van der Waals surface area contributed by atoms with Crippen LogP contribution >= 0.6 is 11.6 Å². The van der Waals surface area contributed by atoms with Crippen LogP contribution < -0.4 is 14.8 Å². The van der Waals surface area contributed by atoms with Crippen LogP contribution in [0.2, 0.25) is 5.02 Å². The number of halogens is 1. The van der Waals surface area contributed by atoms with Crippen LogP contribution in [0.15, 0.2) is 48.5 Å². The summed E-state index contributed by atoms with van der Waals surface area (Å²) in [5.74, 6) is 0.161. The van der Waals surface area contributed by atoms with Crippen molar-refractivity contribution < 1.29 is 17.9 Å². The van der Waals surface area contributed by atoms with Crippen molar-refractivity contribution in [3.8, 4) is 5.75 Å². The van der Waals surface area contributed by atoms with Gasteiger partial charge in [-0.15, -0.1) is 0 Å². The Hall–Kier alpha value is -2.25. The molecule has 0 atom stereocenters. The number of benzene rings is 2. The fourth-order valence-electron chi connectivity index (χ4n) is 1.74. The molecule has 0 aliphatic carbocycles. The van der Waals surface area contributed by atoms with Gasteiger partial charge in [-0.05, 0) is 42.5 Å². The topological polar surface area (TPSA) is 84.5 Å². The molecular formula is C15H15ClN2O4S. The number of anilines is 2. The highest BCUT2D eigenvalue weighted by Gasteiger charge is 2.05. The van der Waals surface area contributed by atoms with E-state index < -0.39 is 10.0 Å². The first kappa shape index (κ1) is 17.1. The predicted molar refractivity (Wildman–Crippen MR) is 90.5 cm³/mol. The molecule has 0 radical (unpaired) electrons. The smallest absolute Gasteiger partial charge is 0.262 e. The van der Waals surface area contributed by atoms with Gasteiger partial charge in [0.1, 0.15) is 5.75 Å². The van der Waals surface area contributed by atoms with E-state index in [4.69, 9.17) is 16.3 Å². The molecule has 2 N–H and O–H groups in total. The van der Waals surface area contributed by atoms with E-state index in [0.29, 0.717) is 22.1 Å². The Morgan fingerprint density at radius 1 is 1.13 bits per heavy atom. The van der Waals surface area contributed by atoms with Gasteiger partial charge in [0.25, 0.3) is 5.91 Å². The maximum Gasteiger partial charge on any atom is 0.262 e. The van der Waals surface area contributed by atoms with E-state index in [1.54, 1.807) is 48.5 Å². The Kier molecular flexibility index (Phi) is 5.46. The van der Waals surface area contributed by atoms with E-state index in [2.05, 4.69) is 10.0 Å². The summed E-state index contributed by atoms with van der Waals surface area (Å²) in [5.41, 5.74) is 0.949. The van der Waals surface area contributed by atoms with Crippen molar-refractivity contribution in [3.63, 3.8) is 0 Å². The summed E-state index contributed by atoms with van der Waals surface area (Å²) >= 11 is 5.82. The molecule has 0 bridgehead atoms. The van der Waals surface area contributed by atoms with Crippen LogP contribution in [0.4, 0.5) is 11.4 Å². The van der Waals surface area contributed by atoms with Gasteiger partial charge in [0.2, 0.25) is 10.0 Å². The Morgan fingerprint density at radius 3 is 2.39 bits per heavy atom. The first-order chi connectivity index (χ1) is 10.8. The lowest BCUT2D eigenvalue weighted by Crippen LogP contribution is -2.20. The third-order valence-corrected chi connectivity index (χ3v) is 3.48. The summed E-state index contributed by atoms with van der Waals surface area (Å²) in [6, 6.07) is 13.0. The van der Waals surface area contributed by atoms with Gasteiger partial charge >= 0.3 is 0 Å². The second kappa shape index (κ2) is 7.34. The Labute approximate surface area is 139 Å². The number of nitrogens with one attached hydrogen (secondary N) is 2. The quantitative estimate of drug-likeness (QED) is 0.835. The van der Waals surface area contributed by atoms with Crippen LogP contribution in [-0.4, -0.2) is 27.2 Å². The summed E-state index contributed by atoms with van der Waals surface area (Å²) in [6.07, 6.45) is 1.07. The van der Waals surface area contributed by atoms with Crippen LogP contribution in [0.3, 0.4) is 0 Å². The second-order valence-electron chi connectivity index (χ2n) is 4.75. The zero-order chi connectivity index (χ0) is 16.9. The number of carbonyl (C=O) groups is 1. The molecule has 0 saturated carbocycles. The van der Waals surface area contributed by atoms with E-state index in [1.807, 2.05) is 0 Å². The van der Waals surface area contributed by atoms with Crippen molar-refractivity contribution >= 4 is 38.9 Å². The lowest BCUT2D eigenvalue weighted by Gasteiger charge is -2.09. The monoisotopic (exact) mass is 354 g/mol. The number of sulfonamides is 1. The molecule has 0 heterocycles. The van der Waals surface area contributed by atoms with Gasteiger partial charge in [0.05, 0.1) is 6.26 Å². The summed E-state index contributed by atoms with van der Waals surface area (Å²) in [5, 5.41) is 3.17. The molecule has 0 aromatic heterocycles. The fraction of sp³-hybridized carbons (Fsp3) is 0.133. The van der Waals surface area contributed by atoms with Gasteiger partial charge in [-0.2, -0.15) is 0 Å². The second-order valence-corrected chi connectivity index (χ2v) is 6.93. The van der Waals surface area contributed by atoms with Crippen molar-refractivity contribution in [2.75, 3.05) is 22.9 Å². The van der Waals surface area contributed by atoms with Gasteiger partial charge in [-0.1, -0.05) is 17.7 Å². The number of hydrogen-bond donors (Lipinski definition) is 2. The zero-order valence-electron chi connectivity index (χ0n) is 12.2. The van der Waals surface area contributed by atoms with Gasteiger partial charge in [0, 0.05) is 16.4 Å². The lowest BCUT2D eigenvalue weighted by molar-refractivity contribution is -0.118. The molecule has 0 aliphatic heterocycles. The Balaban J connectivity index is 1.87. The van der Waals surface area contributed by atoms with Crippen LogP contribution in [0.5, 0.6) is 5.75 Å². The SMILES string of the molecule is CS(=O)(=O)Nc1ccc(NC(=O)COc2cccc(Cl)c2)cc1. The minimum atomic E-state index is -3.32. The van der Waals surface area contributed by atoms with Crippen molar-refractivity contribution in [2.45, 2.75) is 0 Å². The van der Waals surface area contributed by atoms with E-state index >= 15 is 0 Å². The third-order valence-electron chi connectivity index (χ3n) is 2.64. The molecule has 0 aliphatic rings. The number of ether oxygens (including phenoxy) is 1. The highest BCUT2D eigenvalue weighted by molar-refractivity contribution is 7.92. The van der Waals surface area contributed by atoms with Gasteiger partial charge < -0.3 is 10.1 Å². The van der Waals surface area contributed by atoms with Crippen LogP contribution in [-0.2, 0) is 14.8 Å². The number of hydrogen-bond acceptors (Lipinski definition) is 4. The maximum absolute atomic E-state index is 11.8. The van der Waals surface area contributed by atoms with E-state index in [0.717, 1.165) is 6.26 Å². The average molecular weight is 355 g/mol. The summed E-state index contributed by atoms with van der Waals surface area (Å²) < 4.78 is 29.9. The molecule has 2 aromatic rings. The summed E-state index contributed by atoms with van der Waals surface area (Å²) in [6.45, 7) is -0.163. The molecule has 122 valence electrons. The van der Waals surface area contributed by atoms with Crippen LogP contribution in [0, 0.1) is 0 Å². The van der Waals surface area contributed by atoms with Crippen molar-refractivity contribution in [3.05, 3.63) is 53.6 Å². The standard InChI is InChI=1S/C15H15ClN2O4S/c1-23(20,21)18-13-7-5-12(6-8-13)17-15(19)10-22-14-4-2-3-11(16)9-14/h2-9,18H,10H2,1H3,(H,17,19).